The molecule has 0 radical (unpaired) electrons. The molecular weight excluding hydrogens is 566 g/mol. The molecule has 0 spiro atoms. The Morgan fingerprint density at radius 2 is 1.73 bits per heavy atom. The van der Waals surface area contributed by atoms with Crippen LogP contribution in [0.3, 0.4) is 0 Å². The fourth-order valence-corrected chi connectivity index (χ4v) is 5.41. The van der Waals surface area contributed by atoms with E-state index in [9.17, 15) is 17.6 Å². The molecule has 204 valence electrons. The van der Waals surface area contributed by atoms with E-state index >= 15 is 4.39 Å². The van der Waals surface area contributed by atoms with Crippen LogP contribution in [0.25, 0.3) is 27.7 Å². The van der Waals surface area contributed by atoms with Crippen LogP contribution in [0, 0.1) is 11.6 Å². The van der Waals surface area contributed by atoms with E-state index in [4.69, 9.17) is 21.1 Å². The van der Waals surface area contributed by atoms with Crippen LogP contribution in [-0.4, -0.2) is 37.2 Å². The number of hydrogen-bond donors (Lipinski definition) is 1. The van der Waals surface area contributed by atoms with Crippen LogP contribution in [0.2, 0.25) is 5.02 Å². The Labute approximate surface area is 231 Å². The van der Waals surface area contributed by atoms with Crippen molar-refractivity contribution >= 4 is 38.3 Å². The molecule has 0 aliphatic carbocycles. The SMILES string of the molecule is COc1cc(NS(=O)(=O)c2ccc3c(ccc(=O)n3-c3cc(F)c(-c4cc(F)cc(Cl)c4)cc3OC)c2)ncn1. The van der Waals surface area contributed by atoms with Crippen molar-refractivity contribution in [3.63, 3.8) is 0 Å². The lowest BCUT2D eigenvalue weighted by molar-refractivity contribution is 0.397. The van der Waals surface area contributed by atoms with Gasteiger partial charge in [-0.15, -0.1) is 0 Å². The topological polar surface area (TPSA) is 112 Å². The standard InChI is InChI=1S/C27H19ClF2N4O5S/c1-38-24-11-20(16-7-17(28)10-18(29)8-16)21(30)12-23(24)34-22-5-4-19(9-15(22)3-6-27(34)35)40(36,37)33-25-13-26(39-2)32-14-31-25/h3-14H,1-2H3,(H,31,32,33). The molecule has 1 N–H and O–H groups in total. The summed E-state index contributed by atoms with van der Waals surface area (Å²) in [6, 6.07) is 14.1. The lowest BCUT2D eigenvalue weighted by Crippen LogP contribution is -2.19. The molecule has 0 aliphatic heterocycles. The number of ether oxygens (including phenoxy) is 2. The Morgan fingerprint density at radius 1 is 0.925 bits per heavy atom. The van der Waals surface area contributed by atoms with Gasteiger partial charge in [0.05, 0.1) is 30.3 Å². The number of pyridine rings is 1. The molecule has 13 heteroatoms. The average molecular weight is 585 g/mol. The van der Waals surface area contributed by atoms with Crippen molar-refractivity contribution in [3.05, 3.63) is 100 Å². The number of anilines is 1. The van der Waals surface area contributed by atoms with Gasteiger partial charge in [-0.25, -0.2) is 27.2 Å². The molecule has 0 saturated carbocycles. The molecule has 0 aliphatic rings. The number of halogens is 3. The van der Waals surface area contributed by atoms with Crippen molar-refractivity contribution in [2.75, 3.05) is 18.9 Å². The molecule has 2 heterocycles. The predicted octanol–water partition coefficient (Wildman–Crippen LogP) is 5.20. The number of benzene rings is 3. The molecule has 0 amide bonds. The molecule has 0 saturated heterocycles. The summed E-state index contributed by atoms with van der Waals surface area (Å²) in [5.41, 5.74) is 0.0176. The van der Waals surface area contributed by atoms with Gasteiger partial charge in [0.15, 0.2) is 0 Å². The zero-order valence-electron chi connectivity index (χ0n) is 20.9. The Bertz CT molecular complexity index is 1930. The number of nitrogens with one attached hydrogen (secondary N) is 1. The molecule has 9 nitrogen and oxygen atoms in total. The molecule has 5 aromatic rings. The van der Waals surface area contributed by atoms with E-state index in [1.54, 1.807) is 0 Å². The number of sulfonamides is 1. The molecule has 3 aromatic carbocycles. The maximum absolute atomic E-state index is 15.4. The number of methoxy groups -OCH3 is 2. The van der Waals surface area contributed by atoms with Gasteiger partial charge in [-0.3, -0.25) is 14.1 Å². The largest absolute Gasteiger partial charge is 0.495 e. The van der Waals surface area contributed by atoms with Gasteiger partial charge in [0.2, 0.25) is 5.88 Å². The minimum absolute atomic E-state index is 0.00296. The van der Waals surface area contributed by atoms with Gasteiger partial charge in [-0.1, -0.05) is 11.6 Å². The van der Waals surface area contributed by atoms with Crippen LogP contribution in [0.5, 0.6) is 11.6 Å². The Morgan fingerprint density at radius 3 is 2.45 bits per heavy atom. The summed E-state index contributed by atoms with van der Waals surface area (Å²) in [6.07, 6.45) is 1.15. The van der Waals surface area contributed by atoms with E-state index in [1.807, 2.05) is 0 Å². The third kappa shape index (κ3) is 5.18. The lowest BCUT2D eigenvalue weighted by Gasteiger charge is -2.17. The van der Waals surface area contributed by atoms with Crippen molar-refractivity contribution in [2.45, 2.75) is 4.90 Å². The molecule has 0 fully saturated rings. The third-order valence-corrected chi connectivity index (χ3v) is 7.52. The summed E-state index contributed by atoms with van der Waals surface area (Å²) in [6.45, 7) is 0. The van der Waals surface area contributed by atoms with E-state index < -0.39 is 27.2 Å². The van der Waals surface area contributed by atoms with Gasteiger partial charge < -0.3 is 9.47 Å². The zero-order valence-corrected chi connectivity index (χ0v) is 22.4. The first-order valence-electron chi connectivity index (χ1n) is 11.5. The van der Waals surface area contributed by atoms with E-state index in [2.05, 4.69) is 14.7 Å². The zero-order chi connectivity index (χ0) is 28.6. The van der Waals surface area contributed by atoms with E-state index in [1.165, 1.54) is 67.3 Å². The second-order valence-corrected chi connectivity index (χ2v) is 10.6. The summed E-state index contributed by atoms with van der Waals surface area (Å²) in [7, 11) is -1.36. The number of rotatable bonds is 7. The highest BCUT2D eigenvalue weighted by molar-refractivity contribution is 7.92. The minimum Gasteiger partial charge on any atom is -0.495 e. The number of hydrogen-bond acceptors (Lipinski definition) is 7. The van der Waals surface area contributed by atoms with Crippen LogP contribution >= 0.6 is 11.6 Å². The highest BCUT2D eigenvalue weighted by Gasteiger charge is 2.20. The first-order chi connectivity index (χ1) is 19.1. The van der Waals surface area contributed by atoms with Crippen LogP contribution in [-0.2, 0) is 10.0 Å². The first kappa shape index (κ1) is 27.0. The first-order valence-corrected chi connectivity index (χ1v) is 13.3. The van der Waals surface area contributed by atoms with Crippen molar-refractivity contribution in [3.8, 4) is 28.4 Å². The molecule has 0 atom stereocenters. The molecule has 0 bridgehead atoms. The van der Waals surface area contributed by atoms with E-state index in [0.29, 0.717) is 5.39 Å². The maximum atomic E-state index is 15.4. The second kappa shape index (κ2) is 10.5. The van der Waals surface area contributed by atoms with Crippen molar-refractivity contribution < 1.29 is 26.7 Å². The van der Waals surface area contributed by atoms with Crippen LogP contribution in [0.1, 0.15) is 0 Å². The average Bonchev–Trinajstić information content (AvgIpc) is 2.92. The summed E-state index contributed by atoms with van der Waals surface area (Å²) >= 11 is 5.94. The van der Waals surface area contributed by atoms with Gasteiger partial charge in [0.25, 0.3) is 15.6 Å². The third-order valence-electron chi connectivity index (χ3n) is 5.95. The quantitative estimate of drug-likeness (QED) is 0.280. The van der Waals surface area contributed by atoms with Gasteiger partial charge in [0.1, 0.15) is 29.5 Å². The molecular formula is C27H19ClF2N4O5S. The Kier molecular flexibility index (Phi) is 7.13. The van der Waals surface area contributed by atoms with Crippen molar-refractivity contribution in [1.82, 2.24) is 14.5 Å². The van der Waals surface area contributed by atoms with Crippen molar-refractivity contribution in [1.29, 1.82) is 0 Å². The smallest absolute Gasteiger partial charge is 0.263 e. The normalized spacial score (nSPS) is 11.4. The highest BCUT2D eigenvalue weighted by Crippen LogP contribution is 2.35. The second-order valence-electron chi connectivity index (χ2n) is 8.44. The maximum Gasteiger partial charge on any atom is 0.263 e. The van der Waals surface area contributed by atoms with Crippen molar-refractivity contribution in [2.24, 2.45) is 0 Å². The Hall–Kier alpha value is -4.55. The summed E-state index contributed by atoms with van der Waals surface area (Å²) in [5.74, 6) is -1.12. The fourth-order valence-electron chi connectivity index (χ4n) is 4.15. The fraction of sp³-hybridized carbons (Fsp3) is 0.0741. The van der Waals surface area contributed by atoms with Gasteiger partial charge >= 0.3 is 0 Å². The number of fused-ring (bicyclic) bond motifs is 1. The highest BCUT2D eigenvalue weighted by atomic mass is 35.5. The van der Waals surface area contributed by atoms with E-state index in [0.717, 1.165) is 24.5 Å². The molecule has 2 aromatic heterocycles. The molecule has 40 heavy (non-hydrogen) atoms. The van der Waals surface area contributed by atoms with Crippen LogP contribution < -0.4 is 19.8 Å². The summed E-state index contributed by atoms with van der Waals surface area (Å²) in [5, 5.41) is 0.452. The molecule has 0 unspecified atom stereocenters. The Balaban J connectivity index is 1.61. The summed E-state index contributed by atoms with van der Waals surface area (Å²) < 4.78 is 69.4. The van der Waals surface area contributed by atoms with Gasteiger partial charge in [-0.05, 0) is 54.1 Å². The van der Waals surface area contributed by atoms with Crippen LogP contribution in [0.15, 0.2) is 82.7 Å². The molecule has 5 rings (SSSR count). The summed E-state index contributed by atoms with van der Waals surface area (Å²) in [4.78, 5) is 20.6. The minimum atomic E-state index is -4.09. The van der Waals surface area contributed by atoms with Crippen LogP contribution in [0.4, 0.5) is 14.6 Å². The predicted molar refractivity (Wildman–Crippen MR) is 146 cm³/mol. The lowest BCUT2D eigenvalue weighted by atomic mass is 10.0. The monoisotopic (exact) mass is 584 g/mol. The van der Waals surface area contributed by atoms with Gasteiger partial charge in [-0.2, -0.15) is 0 Å². The number of nitrogens with zero attached hydrogens (tertiary/aromatic N) is 3. The van der Waals surface area contributed by atoms with E-state index in [-0.39, 0.29) is 49.7 Å². The number of aromatic nitrogens is 3. The van der Waals surface area contributed by atoms with Gasteiger partial charge in [0, 0.05) is 34.2 Å².